The first-order valence-corrected chi connectivity index (χ1v) is 7.14. The summed E-state index contributed by atoms with van der Waals surface area (Å²) >= 11 is 12.0. The third-order valence-corrected chi connectivity index (χ3v) is 4.23. The minimum Gasteiger partial charge on any atom is -0.388 e. The second-order valence-electron chi connectivity index (χ2n) is 5.15. The molecule has 0 aliphatic heterocycles. The molecule has 1 aromatic rings. The second-order valence-corrected chi connectivity index (χ2v) is 5.94. The van der Waals surface area contributed by atoms with Crippen molar-refractivity contribution in [2.75, 3.05) is 20.1 Å². The van der Waals surface area contributed by atoms with Crippen LogP contribution >= 0.6 is 23.2 Å². The lowest BCUT2D eigenvalue weighted by Gasteiger charge is -2.19. The molecule has 0 heterocycles. The summed E-state index contributed by atoms with van der Waals surface area (Å²) < 4.78 is 0. The van der Waals surface area contributed by atoms with Gasteiger partial charge >= 0.3 is 0 Å². The molecule has 0 amide bonds. The molecule has 0 bridgehead atoms. The van der Waals surface area contributed by atoms with Crippen molar-refractivity contribution in [2.24, 2.45) is 5.92 Å². The van der Waals surface area contributed by atoms with E-state index in [2.05, 4.69) is 11.9 Å². The molecule has 2 nitrogen and oxygen atoms in total. The first-order valence-electron chi connectivity index (χ1n) is 6.38. The largest absolute Gasteiger partial charge is 0.388 e. The molecule has 100 valence electrons. The van der Waals surface area contributed by atoms with Gasteiger partial charge in [0.2, 0.25) is 0 Å². The van der Waals surface area contributed by atoms with Crippen molar-refractivity contribution in [3.05, 3.63) is 33.8 Å². The minimum atomic E-state index is -0.544. The Morgan fingerprint density at radius 2 is 2.11 bits per heavy atom. The molecule has 1 unspecified atom stereocenters. The zero-order valence-electron chi connectivity index (χ0n) is 10.6. The summed E-state index contributed by atoms with van der Waals surface area (Å²) in [6.45, 7) is 2.01. The van der Waals surface area contributed by atoms with Crippen molar-refractivity contribution in [1.82, 2.24) is 4.90 Å². The summed E-state index contributed by atoms with van der Waals surface area (Å²) in [5.41, 5.74) is 0.726. The molecule has 1 N–H and O–H groups in total. The van der Waals surface area contributed by atoms with Gasteiger partial charge in [0.25, 0.3) is 0 Å². The molecule has 0 aromatic heterocycles. The molecule has 1 saturated carbocycles. The number of aliphatic hydroxyl groups is 1. The molecule has 18 heavy (non-hydrogen) atoms. The Morgan fingerprint density at radius 3 is 2.78 bits per heavy atom. The smallest absolute Gasteiger partial charge is 0.0817 e. The second kappa shape index (κ2) is 6.25. The van der Waals surface area contributed by atoms with Gasteiger partial charge in [0.05, 0.1) is 16.1 Å². The summed E-state index contributed by atoms with van der Waals surface area (Å²) in [5.74, 6) is 0.877. The molecular formula is C14H19Cl2NO. The predicted molar refractivity (Wildman–Crippen MR) is 76.3 cm³/mol. The van der Waals surface area contributed by atoms with Crippen LogP contribution in [0.3, 0.4) is 0 Å². The first-order chi connectivity index (χ1) is 8.58. The number of benzene rings is 1. The molecule has 0 radical (unpaired) electrons. The van der Waals surface area contributed by atoms with Crippen LogP contribution < -0.4 is 0 Å². The van der Waals surface area contributed by atoms with Gasteiger partial charge in [-0.15, -0.1) is 0 Å². The number of nitrogens with zero attached hydrogens (tertiary/aromatic N) is 1. The molecular weight excluding hydrogens is 269 g/mol. The van der Waals surface area contributed by atoms with Crippen molar-refractivity contribution in [2.45, 2.75) is 25.4 Å². The number of rotatable bonds is 6. The maximum Gasteiger partial charge on any atom is 0.0817 e. The lowest BCUT2D eigenvalue weighted by molar-refractivity contribution is 0.148. The molecule has 1 aliphatic rings. The standard InChI is InChI=1S/C14H19Cl2NO/c1-17(9-10-5-6-10)8-7-13(18)11-3-2-4-12(15)14(11)16/h2-4,10,13,18H,5-9H2,1H3. The van der Waals surface area contributed by atoms with Crippen molar-refractivity contribution >= 4 is 23.2 Å². The van der Waals surface area contributed by atoms with Gasteiger partial charge in [-0.1, -0.05) is 35.3 Å². The molecule has 0 spiro atoms. The lowest BCUT2D eigenvalue weighted by Crippen LogP contribution is -2.23. The summed E-state index contributed by atoms with van der Waals surface area (Å²) in [5, 5.41) is 11.1. The van der Waals surface area contributed by atoms with E-state index < -0.39 is 6.10 Å². The minimum absolute atomic E-state index is 0.469. The highest BCUT2D eigenvalue weighted by atomic mass is 35.5. The van der Waals surface area contributed by atoms with Gasteiger partial charge in [0.15, 0.2) is 0 Å². The van der Waals surface area contributed by atoms with Crippen LogP contribution in [0.25, 0.3) is 0 Å². The molecule has 1 fully saturated rings. The fourth-order valence-electron chi connectivity index (χ4n) is 2.11. The fourth-order valence-corrected chi connectivity index (χ4v) is 2.54. The van der Waals surface area contributed by atoms with E-state index in [1.165, 1.54) is 12.8 Å². The molecule has 1 aromatic carbocycles. The normalized spacial score (nSPS) is 17.2. The highest BCUT2D eigenvalue weighted by molar-refractivity contribution is 6.42. The zero-order chi connectivity index (χ0) is 13.1. The Balaban J connectivity index is 1.86. The first kappa shape index (κ1) is 14.1. The van der Waals surface area contributed by atoms with E-state index in [1.54, 1.807) is 6.07 Å². The summed E-state index contributed by atoms with van der Waals surface area (Å²) in [7, 11) is 2.10. The number of halogens is 2. The highest BCUT2D eigenvalue weighted by Gasteiger charge is 2.23. The van der Waals surface area contributed by atoms with E-state index in [4.69, 9.17) is 23.2 Å². The van der Waals surface area contributed by atoms with Crippen LogP contribution in [-0.2, 0) is 0 Å². The van der Waals surface area contributed by atoms with Crippen molar-refractivity contribution in [3.8, 4) is 0 Å². The number of hydrogen-bond donors (Lipinski definition) is 1. The van der Waals surface area contributed by atoms with Gasteiger partial charge in [0.1, 0.15) is 0 Å². The lowest BCUT2D eigenvalue weighted by atomic mass is 10.1. The van der Waals surface area contributed by atoms with Crippen LogP contribution in [0.1, 0.15) is 30.9 Å². The van der Waals surface area contributed by atoms with E-state index in [9.17, 15) is 5.11 Å². The monoisotopic (exact) mass is 287 g/mol. The van der Waals surface area contributed by atoms with Crippen LogP contribution in [0, 0.1) is 5.92 Å². The quantitative estimate of drug-likeness (QED) is 0.861. The van der Waals surface area contributed by atoms with Crippen LogP contribution in [0.4, 0.5) is 0 Å². The van der Waals surface area contributed by atoms with E-state index >= 15 is 0 Å². The van der Waals surface area contributed by atoms with Gasteiger partial charge in [-0.2, -0.15) is 0 Å². The van der Waals surface area contributed by atoms with E-state index in [1.807, 2.05) is 12.1 Å². The maximum atomic E-state index is 10.2. The van der Waals surface area contributed by atoms with Crippen LogP contribution in [0.2, 0.25) is 10.0 Å². The SMILES string of the molecule is CN(CCC(O)c1cccc(Cl)c1Cl)CC1CC1. The van der Waals surface area contributed by atoms with Crippen molar-refractivity contribution < 1.29 is 5.11 Å². The molecule has 0 saturated heterocycles. The third-order valence-electron chi connectivity index (χ3n) is 3.39. The van der Waals surface area contributed by atoms with Gasteiger partial charge in [-0.25, -0.2) is 0 Å². The van der Waals surface area contributed by atoms with Crippen LogP contribution in [-0.4, -0.2) is 30.1 Å². The Morgan fingerprint density at radius 1 is 1.39 bits per heavy atom. The Hall–Kier alpha value is -0.280. The van der Waals surface area contributed by atoms with Gasteiger partial charge in [0, 0.05) is 18.7 Å². The molecule has 4 heteroatoms. The van der Waals surface area contributed by atoms with Crippen LogP contribution in [0.15, 0.2) is 18.2 Å². The van der Waals surface area contributed by atoms with E-state index in [0.29, 0.717) is 16.5 Å². The summed E-state index contributed by atoms with van der Waals surface area (Å²) in [6, 6.07) is 5.39. The van der Waals surface area contributed by atoms with Crippen molar-refractivity contribution in [1.29, 1.82) is 0 Å². The summed E-state index contributed by atoms with van der Waals surface area (Å²) in [6.07, 6.45) is 2.85. The Kier molecular flexibility index (Phi) is 4.91. The average Bonchev–Trinajstić information content (AvgIpc) is 3.13. The topological polar surface area (TPSA) is 23.5 Å². The average molecular weight is 288 g/mol. The molecule has 2 rings (SSSR count). The molecule has 1 aliphatic carbocycles. The number of aliphatic hydroxyl groups excluding tert-OH is 1. The Bertz CT molecular complexity index is 407. The van der Waals surface area contributed by atoms with Crippen molar-refractivity contribution in [3.63, 3.8) is 0 Å². The molecule has 1 atom stereocenters. The van der Waals surface area contributed by atoms with Gasteiger partial charge in [-0.3, -0.25) is 0 Å². The third kappa shape index (κ3) is 3.86. The van der Waals surface area contributed by atoms with Gasteiger partial charge in [-0.05, 0) is 38.3 Å². The van der Waals surface area contributed by atoms with Gasteiger partial charge < -0.3 is 10.0 Å². The van der Waals surface area contributed by atoms with E-state index in [-0.39, 0.29) is 0 Å². The maximum absolute atomic E-state index is 10.2. The number of hydrogen-bond acceptors (Lipinski definition) is 2. The summed E-state index contributed by atoms with van der Waals surface area (Å²) in [4.78, 5) is 2.28. The predicted octanol–water partition coefficient (Wildman–Crippen LogP) is 3.76. The zero-order valence-corrected chi connectivity index (χ0v) is 12.1. The fraction of sp³-hybridized carbons (Fsp3) is 0.571. The van der Waals surface area contributed by atoms with E-state index in [0.717, 1.165) is 24.6 Å². The highest BCUT2D eigenvalue weighted by Crippen LogP contribution is 2.32. The Labute approximate surface area is 119 Å². The van der Waals surface area contributed by atoms with Crippen LogP contribution in [0.5, 0.6) is 0 Å².